The van der Waals surface area contributed by atoms with Crippen LogP contribution >= 0.6 is 9.24 Å². The van der Waals surface area contributed by atoms with Gasteiger partial charge in [-0.3, -0.25) is 4.21 Å². The summed E-state index contributed by atoms with van der Waals surface area (Å²) in [4.78, 5) is 0.326. The average Bonchev–Trinajstić information content (AvgIpc) is 1.88. The van der Waals surface area contributed by atoms with Crippen LogP contribution in [-0.4, -0.2) is 8.76 Å². The summed E-state index contributed by atoms with van der Waals surface area (Å²) in [5.74, 6) is 0. The topological polar surface area (TPSA) is 40.1 Å². The lowest BCUT2D eigenvalue weighted by molar-refractivity contribution is 0.537. The molecule has 2 nitrogen and oxygen atoms in total. The fraction of sp³-hybridized carbons (Fsp3) is 0. The van der Waals surface area contributed by atoms with Crippen LogP contribution in [0.5, 0.6) is 0 Å². The van der Waals surface area contributed by atoms with Gasteiger partial charge in [-0.1, -0.05) is 12.1 Å². The average molecular weight is 173 g/mol. The Hall–Kier alpha value is -0.240. The van der Waals surface area contributed by atoms with Crippen LogP contribution in [-0.2, 0) is 11.1 Å². The summed E-state index contributed by atoms with van der Waals surface area (Å²) in [5.41, 5.74) is 0. The van der Waals surface area contributed by atoms with Crippen molar-refractivity contribution < 1.29 is 8.76 Å². The highest BCUT2D eigenvalue weighted by atomic mass is 32.2. The minimum atomic E-state index is -2.10. The number of hydrogen-bond acceptors (Lipinski definition) is 2. The molecule has 0 saturated carbocycles. The number of benzene rings is 1. The van der Waals surface area contributed by atoms with Crippen molar-refractivity contribution in [2.24, 2.45) is 0 Å². The van der Waals surface area contributed by atoms with Gasteiger partial charge < -0.3 is 4.55 Å². The van der Waals surface area contributed by atoms with Gasteiger partial charge in [0, 0.05) is 4.90 Å². The molecule has 0 saturated heterocycles. The quantitative estimate of drug-likeness (QED) is 0.456. The van der Waals surface area contributed by atoms with Crippen molar-refractivity contribution in [2.75, 3.05) is 0 Å². The SMILES string of the molecule is O=S([O-])c1cccc(P)c1. The maximum absolute atomic E-state index is 10.3. The maximum Gasteiger partial charge on any atom is 0.0254 e. The monoisotopic (exact) mass is 173 g/mol. The molecule has 54 valence electrons. The van der Waals surface area contributed by atoms with E-state index in [9.17, 15) is 8.76 Å². The second-order valence-corrected chi connectivity index (χ2v) is 3.41. The van der Waals surface area contributed by atoms with E-state index in [0.29, 0.717) is 4.90 Å². The van der Waals surface area contributed by atoms with Crippen LogP contribution in [0.2, 0.25) is 0 Å². The van der Waals surface area contributed by atoms with E-state index >= 15 is 0 Å². The van der Waals surface area contributed by atoms with Gasteiger partial charge in [-0.2, -0.15) is 0 Å². The summed E-state index contributed by atoms with van der Waals surface area (Å²) in [5, 5.41) is 0.877. The molecule has 1 aromatic carbocycles. The van der Waals surface area contributed by atoms with Crippen LogP contribution in [0.25, 0.3) is 0 Å². The Morgan fingerprint density at radius 2 is 2.20 bits per heavy atom. The molecule has 0 fully saturated rings. The second kappa shape index (κ2) is 3.24. The molecule has 1 aromatic rings. The molecule has 0 spiro atoms. The summed E-state index contributed by atoms with van der Waals surface area (Å²) >= 11 is -2.10. The van der Waals surface area contributed by atoms with Gasteiger partial charge in [-0.25, -0.2) is 0 Å². The zero-order valence-electron chi connectivity index (χ0n) is 5.11. The van der Waals surface area contributed by atoms with Gasteiger partial charge in [0.1, 0.15) is 0 Å². The zero-order chi connectivity index (χ0) is 7.56. The lowest BCUT2D eigenvalue weighted by atomic mass is 10.4. The lowest BCUT2D eigenvalue weighted by Crippen LogP contribution is -1.94. The van der Waals surface area contributed by atoms with E-state index in [2.05, 4.69) is 9.24 Å². The second-order valence-electron chi connectivity index (χ2n) is 1.81. The summed E-state index contributed by atoms with van der Waals surface area (Å²) in [7, 11) is 2.44. The van der Waals surface area contributed by atoms with Crippen molar-refractivity contribution >= 4 is 25.6 Å². The van der Waals surface area contributed by atoms with Gasteiger partial charge in [-0.05, 0) is 28.5 Å². The Balaban J connectivity index is 3.07. The summed E-state index contributed by atoms with van der Waals surface area (Å²) < 4.78 is 20.7. The summed E-state index contributed by atoms with van der Waals surface area (Å²) in [6.07, 6.45) is 0. The molecule has 0 aromatic heterocycles. The van der Waals surface area contributed by atoms with Gasteiger partial charge in [0.05, 0.1) is 0 Å². The summed E-state index contributed by atoms with van der Waals surface area (Å²) in [6, 6.07) is 6.67. The molecule has 0 N–H and O–H groups in total. The number of hydrogen-bond donors (Lipinski definition) is 0. The standard InChI is InChI=1S/C6H7O2PS/c7-10(8)6-3-1-2-5(9)4-6/h1-4H,9H2,(H,7,8)/p-1. The summed E-state index contributed by atoms with van der Waals surface area (Å²) in [6.45, 7) is 0. The Bertz CT molecular complexity index is 262. The number of rotatable bonds is 1. The molecule has 2 atom stereocenters. The van der Waals surface area contributed by atoms with Crippen LogP contribution in [0.15, 0.2) is 29.2 Å². The highest BCUT2D eigenvalue weighted by Crippen LogP contribution is 2.02. The molecule has 0 aliphatic heterocycles. The molecule has 10 heavy (non-hydrogen) atoms. The van der Waals surface area contributed by atoms with Gasteiger partial charge in [0.15, 0.2) is 0 Å². The molecular weight excluding hydrogens is 167 g/mol. The predicted molar refractivity (Wildman–Crippen MR) is 43.0 cm³/mol. The van der Waals surface area contributed by atoms with Crippen LogP contribution < -0.4 is 5.30 Å². The molecule has 4 heteroatoms. The molecular formula is C6H6O2PS-. The van der Waals surface area contributed by atoms with E-state index < -0.39 is 11.1 Å². The third-order valence-electron chi connectivity index (χ3n) is 1.05. The Labute approximate surface area is 64.1 Å². The Kier molecular flexibility index (Phi) is 2.55. The normalized spacial score (nSPS) is 13.0. The highest BCUT2D eigenvalue weighted by Gasteiger charge is 1.89. The smallest absolute Gasteiger partial charge is 0.0254 e. The molecule has 1 rings (SSSR count). The van der Waals surface area contributed by atoms with E-state index in [1.807, 2.05) is 6.07 Å². The van der Waals surface area contributed by atoms with Crippen molar-refractivity contribution in [3.05, 3.63) is 24.3 Å². The van der Waals surface area contributed by atoms with Crippen LogP contribution in [0, 0.1) is 0 Å². The van der Waals surface area contributed by atoms with E-state index in [1.54, 1.807) is 18.2 Å². The van der Waals surface area contributed by atoms with Crippen molar-refractivity contribution in [1.29, 1.82) is 0 Å². The first-order valence-corrected chi connectivity index (χ1v) is 4.30. The highest BCUT2D eigenvalue weighted by molar-refractivity contribution is 7.79. The minimum absolute atomic E-state index is 0.326. The van der Waals surface area contributed by atoms with Crippen molar-refractivity contribution in [3.8, 4) is 0 Å². The van der Waals surface area contributed by atoms with E-state index in [0.717, 1.165) is 5.30 Å². The lowest BCUT2D eigenvalue weighted by Gasteiger charge is -2.03. The molecule has 0 amide bonds. The van der Waals surface area contributed by atoms with Crippen molar-refractivity contribution in [2.45, 2.75) is 4.90 Å². The first kappa shape index (κ1) is 7.86. The maximum atomic E-state index is 10.3. The first-order valence-electron chi connectivity index (χ1n) is 2.65. The molecule has 0 heterocycles. The van der Waals surface area contributed by atoms with E-state index in [4.69, 9.17) is 0 Å². The van der Waals surface area contributed by atoms with Crippen LogP contribution in [0.4, 0.5) is 0 Å². The van der Waals surface area contributed by atoms with E-state index in [1.165, 1.54) is 0 Å². The Morgan fingerprint density at radius 3 is 2.60 bits per heavy atom. The van der Waals surface area contributed by atoms with E-state index in [-0.39, 0.29) is 0 Å². The molecule has 2 unspecified atom stereocenters. The van der Waals surface area contributed by atoms with Gasteiger partial charge in [0.2, 0.25) is 0 Å². The fourth-order valence-electron chi connectivity index (χ4n) is 0.618. The molecule has 0 radical (unpaired) electrons. The predicted octanol–water partition coefficient (Wildman–Crippen LogP) is 0.425. The molecule has 0 aliphatic rings. The zero-order valence-corrected chi connectivity index (χ0v) is 7.08. The fourth-order valence-corrected chi connectivity index (χ4v) is 1.45. The van der Waals surface area contributed by atoms with Crippen LogP contribution in [0.3, 0.4) is 0 Å². The van der Waals surface area contributed by atoms with Crippen molar-refractivity contribution in [1.82, 2.24) is 0 Å². The van der Waals surface area contributed by atoms with Gasteiger partial charge in [0.25, 0.3) is 0 Å². The third-order valence-corrected chi connectivity index (χ3v) is 2.05. The van der Waals surface area contributed by atoms with Crippen LogP contribution in [0.1, 0.15) is 0 Å². The van der Waals surface area contributed by atoms with Gasteiger partial charge >= 0.3 is 0 Å². The molecule has 0 aliphatic carbocycles. The minimum Gasteiger partial charge on any atom is -0.768 e. The third kappa shape index (κ3) is 1.87. The van der Waals surface area contributed by atoms with Crippen molar-refractivity contribution in [3.63, 3.8) is 0 Å². The van der Waals surface area contributed by atoms with Gasteiger partial charge in [-0.15, -0.1) is 9.24 Å². The molecule has 0 bridgehead atoms. The Morgan fingerprint density at radius 1 is 1.50 bits per heavy atom. The largest absolute Gasteiger partial charge is 0.768 e. The first-order chi connectivity index (χ1) is 4.70.